The summed E-state index contributed by atoms with van der Waals surface area (Å²) in [6.45, 7) is 3.56. The fraction of sp³-hybridized carbons (Fsp3) is 0.200. The molecule has 0 saturated carbocycles. The van der Waals surface area contributed by atoms with Gasteiger partial charge in [0, 0.05) is 29.5 Å². The van der Waals surface area contributed by atoms with Crippen LogP contribution in [0.2, 0.25) is 0 Å². The number of hydrogen-bond donors (Lipinski definition) is 1. The second-order valence-electron chi connectivity index (χ2n) is 7.40. The first-order valence-corrected chi connectivity index (χ1v) is 10.9. The van der Waals surface area contributed by atoms with Gasteiger partial charge < -0.3 is 9.88 Å². The first kappa shape index (κ1) is 20.4. The SMILES string of the molecule is Cc1ccccc1Cn1c(CCCNC(=O)c2ccc(Br)cc2)nc2ccccc21. The van der Waals surface area contributed by atoms with Crippen LogP contribution >= 0.6 is 15.9 Å². The van der Waals surface area contributed by atoms with Crippen molar-refractivity contribution in [2.75, 3.05) is 6.54 Å². The normalized spacial score (nSPS) is 11.0. The molecule has 0 fully saturated rings. The minimum absolute atomic E-state index is 0.0455. The lowest BCUT2D eigenvalue weighted by atomic mass is 10.1. The van der Waals surface area contributed by atoms with Gasteiger partial charge in [0.2, 0.25) is 0 Å². The number of amides is 1. The number of hydrogen-bond acceptors (Lipinski definition) is 2. The summed E-state index contributed by atoms with van der Waals surface area (Å²) < 4.78 is 3.26. The summed E-state index contributed by atoms with van der Waals surface area (Å²) in [4.78, 5) is 17.2. The molecule has 30 heavy (non-hydrogen) atoms. The molecule has 1 amide bonds. The van der Waals surface area contributed by atoms with Gasteiger partial charge in [0.05, 0.1) is 11.0 Å². The van der Waals surface area contributed by atoms with Gasteiger partial charge in [-0.25, -0.2) is 4.98 Å². The number of nitrogens with zero attached hydrogens (tertiary/aromatic N) is 2. The van der Waals surface area contributed by atoms with Crippen LogP contribution in [0.15, 0.2) is 77.3 Å². The summed E-state index contributed by atoms with van der Waals surface area (Å²) in [5.41, 5.74) is 5.41. The Balaban J connectivity index is 1.45. The van der Waals surface area contributed by atoms with Crippen molar-refractivity contribution in [3.63, 3.8) is 0 Å². The molecule has 1 aromatic heterocycles. The number of imidazole rings is 1. The third-order valence-corrected chi connectivity index (χ3v) is 5.82. The molecule has 0 bridgehead atoms. The lowest BCUT2D eigenvalue weighted by Gasteiger charge is -2.12. The van der Waals surface area contributed by atoms with Crippen LogP contribution in [0, 0.1) is 6.92 Å². The molecule has 0 aliphatic heterocycles. The van der Waals surface area contributed by atoms with E-state index in [-0.39, 0.29) is 5.91 Å². The van der Waals surface area contributed by atoms with E-state index < -0.39 is 0 Å². The number of fused-ring (bicyclic) bond motifs is 1. The van der Waals surface area contributed by atoms with Gasteiger partial charge in [-0.05, 0) is 60.9 Å². The standard InChI is InChI=1S/C25H24BrN3O/c1-18-7-2-3-8-20(18)17-29-23-10-5-4-9-22(23)28-24(29)11-6-16-27-25(30)19-12-14-21(26)15-13-19/h2-5,7-10,12-15H,6,11,16-17H2,1H3,(H,27,30). The average molecular weight is 462 g/mol. The lowest BCUT2D eigenvalue weighted by molar-refractivity contribution is 0.0953. The molecule has 152 valence electrons. The zero-order chi connectivity index (χ0) is 20.9. The number of halogens is 1. The first-order valence-electron chi connectivity index (χ1n) is 10.1. The Kier molecular flexibility index (Phi) is 6.29. The monoisotopic (exact) mass is 461 g/mol. The van der Waals surface area contributed by atoms with Crippen molar-refractivity contribution in [3.8, 4) is 0 Å². The molecule has 0 radical (unpaired) electrons. The van der Waals surface area contributed by atoms with Gasteiger partial charge in [0.15, 0.2) is 0 Å². The molecule has 4 rings (SSSR count). The quantitative estimate of drug-likeness (QED) is 0.368. The Bertz CT molecular complexity index is 1160. The molecule has 4 aromatic rings. The molecule has 1 heterocycles. The molecule has 5 heteroatoms. The number of carbonyl (C=O) groups excluding carboxylic acids is 1. The van der Waals surface area contributed by atoms with Crippen LogP contribution in [0.1, 0.15) is 33.7 Å². The maximum atomic E-state index is 12.3. The first-order chi connectivity index (χ1) is 14.6. The van der Waals surface area contributed by atoms with Gasteiger partial charge in [-0.1, -0.05) is 52.3 Å². The highest BCUT2D eigenvalue weighted by atomic mass is 79.9. The van der Waals surface area contributed by atoms with Crippen LogP contribution in [0.4, 0.5) is 0 Å². The maximum Gasteiger partial charge on any atom is 0.251 e. The number of benzene rings is 3. The molecule has 0 atom stereocenters. The number of aromatic nitrogens is 2. The highest BCUT2D eigenvalue weighted by molar-refractivity contribution is 9.10. The summed E-state index contributed by atoms with van der Waals surface area (Å²) in [5.74, 6) is 1.01. The van der Waals surface area contributed by atoms with Crippen molar-refractivity contribution in [1.82, 2.24) is 14.9 Å². The Morgan fingerprint density at radius 3 is 2.53 bits per heavy atom. The molecular weight excluding hydrogens is 438 g/mol. The van der Waals surface area contributed by atoms with Crippen LogP contribution in [-0.4, -0.2) is 22.0 Å². The number of nitrogens with one attached hydrogen (secondary N) is 1. The second kappa shape index (κ2) is 9.26. The number of para-hydroxylation sites is 2. The van der Waals surface area contributed by atoms with E-state index in [4.69, 9.17) is 4.98 Å². The zero-order valence-corrected chi connectivity index (χ0v) is 18.5. The van der Waals surface area contributed by atoms with Crippen LogP contribution < -0.4 is 5.32 Å². The predicted molar refractivity (Wildman–Crippen MR) is 125 cm³/mol. The van der Waals surface area contributed by atoms with Crippen molar-refractivity contribution in [2.24, 2.45) is 0 Å². The third kappa shape index (κ3) is 4.62. The zero-order valence-electron chi connectivity index (χ0n) is 16.9. The largest absolute Gasteiger partial charge is 0.352 e. The van der Waals surface area contributed by atoms with Gasteiger partial charge in [-0.15, -0.1) is 0 Å². The summed E-state index contributed by atoms with van der Waals surface area (Å²) >= 11 is 3.39. The maximum absolute atomic E-state index is 12.3. The Hall–Kier alpha value is -2.92. The molecular formula is C25H24BrN3O. The summed E-state index contributed by atoms with van der Waals surface area (Å²) in [6.07, 6.45) is 1.64. The second-order valence-corrected chi connectivity index (χ2v) is 8.31. The minimum Gasteiger partial charge on any atom is -0.352 e. The molecule has 0 aliphatic carbocycles. The number of aryl methyl sites for hydroxylation is 2. The molecule has 0 aliphatic rings. The number of carbonyl (C=O) groups is 1. The fourth-order valence-corrected chi connectivity index (χ4v) is 3.87. The van der Waals surface area contributed by atoms with Gasteiger partial charge >= 0.3 is 0 Å². The van der Waals surface area contributed by atoms with E-state index >= 15 is 0 Å². The predicted octanol–water partition coefficient (Wildman–Crippen LogP) is 5.52. The minimum atomic E-state index is -0.0455. The smallest absolute Gasteiger partial charge is 0.251 e. The van der Waals surface area contributed by atoms with Crippen LogP contribution in [0.25, 0.3) is 11.0 Å². The van der Waals surface area contributed by atoms with Crippen LogP contribution in [-0.2, 0) is 13.0 Å². The third-order valence-electron chi connectivity index (χ3n) is 5.29. The van der Waals surface area contributed by atoms with Crippen LogP contribution in [0.5, 0.6) is 0 Å². The molecule has 1 N–H and O–H groups in total. The number of rotatable bonds is 7. The van der Waals surface area contributed by atoms with Gasteiger partial charge in [0.1, 0.15) is 5.82 Å². The highest BCUT2D eigenvalue weighted by Crippen LogP contribution is 2.20. The van der Waals surface area contributed by atoms with Crippen molar-refractivity contribution < 1.29 is 4.79 Å². The van der Waals surface area contributed by atoms with Gasteiger partial charge in [-0.3, -0.25) is 4.79 Å². The fourth-order valence-electron chi connectivity index (χ4n) is 3.60. The lowest BCUT2D eigenvalue weighted by Crippen LogP contribution is -2.25. The van der Waals surface area contributed by atoms with E-state index in [2.05, 4.69) is 75.2 Å². The van der Waals surface area contributed by atoms with Crippen molar-refractivity contribution in [3.05, 3.63) is 99.8 Å². The summed E-state index contributed by atoms with van der Waals surface area (Å²) in [7, 11) is 0. The Morgan fingerprint density at radius 2 is 1.73 bits per heavy atom. The van der Waals surface area contributed by atoms with Crippen molar-refractivity contribution in [1.29, 1.82) is 0 Å². The van der Waals surface area contributed by atoms with Gasteiger partial charge in [0.25, 0.3) is 5.91 Å². The Labute approximate surface area is 185 Å². The van der Waals surface area contributed by atoms with E-state index in [0.29, 0.717) is 12.1 Å². The average Bonchev–Trinajstić information content (AvgIpc) is 3.10. The van der Waals surface area contributed by atoms with Crippen molar-refractivity contribution >= 4 is 32.9 Å². The van der Waals surface area contributed by atoms with Crippen LogP contribution in [0.3, 0.4) is 0 Å². The van der Waals surface area contributed by atoms with E-state index in [1.165, 1.54) is 11.1 Å². The van der Waals surface area contributed by atoms with E-state index in [1.807, 2.05) is 30.3 Å². The molecule has 0 unspecified atom stereocenters. The van der Waals surface area contributed by atoms with Crippen molar-refractivity contribution in [2.45, 2.75) is 26.3 Å². The summed E-state index contributed by atoms with van der Waals surface area (Å²) in [5, 5.41) is 3.01. The molecule has 0 saturated heterocycles. The Morgan fingerprint density at radius 1 is 1.00 bits per heavy atom. The molecule has 4 nitrogen and oxygen atoms in total. The van der Waals surface area contributed by atoms with E-state index in [9.17, 15) is 4.79 Å². The highest BCUT2D eigenvalue weighted by Gasteiger charge is 2.12. The van der Waals surface area contributed by atoms with Gasteiger partial charge in [-0.2, -0.15) is 0 Å². The topological polar surface area (TPSA) is 46.9 Å². The summed E-state index contributed by atoms with van der Waals surface area (Å²) in [6, 6.07) is 24.1. The molecule has 3 aromatic carbocycles. The van der Waals surface area contributed by atoms with E-state index in [0.717, 1.165) is 40.7 Å². The molecule has 0 spiro atoms. The van der Waals surface area contributed by atoms with E-state index in [1.54, 1.807) is 0 Å².